The van der Waals surface area contributed by atoms with Gasteiger partial charge in [0.25, 0.3) is 17.7 Å². The lowest BCUT2D eigenvalue weighted by atomic mass is 9.99. The van der Waals surface area contributed by atoms with Gasteiger partial charge < -0.3 is 9.80 Å². The Labute approximate surface area is 239 Å². The van der Waals surface area contributed by atoms with Crippen LogP contribution in [0.3, 0.4) is 0 Å². The highest BCUT2D eigenvalue weighted by Crippen LogP contribution is 2.32. The van der Waals surface area contributed by atoms with Gasteiger partial charge in [-0.3, -0.25) is 14.4 Å². The zero-order valence-corrected chi connectivity index (χ0v) is 23.6. The minimum absolute atomic E-state index is 0.0830. The molecule has 2 fully saturated rings. The fourth-order valence-electron chi connectivity index (χ4n) is 5.55. The Morgan fingerprint density at radius 2 is 1.63 bits per heavy atom. The summed E-state index contributed by atoms with van der Waals surface area (Å²) >= 11 is 1.09. The molecule has 0 saturated carbocycles. The van der Waals surface area contributed by atoms with Gasteiger partial charge in [0.1, 0.15) is 5.92 Å². The van der Waals surface area contributed by atoms with Gasteiger partial charge in [-0.15, -0.1) is 11.3 Å². The van der Waals surface area contributed by atoms with Crippen molar-refractivity contribution in [2.45, 2.75) is 51.7 Å². The summed E-state index contributed by atoms with van der Waals surface area (Å²) in [6.07, 6.45) is -0.0888. The number of carbonyl (C=O) groups is 3. The van der Waals surface area contributed by atoms with E-state index in [4.69, 9.17) is 0 Å². The van der Waals surface area contributed by atoms with E-state index in [0.717, 1.165) is 54.4 Å². The van der Waals surface area contributed by atoms with E-state index < -0.39 is 29.5 Å². The van der Waals surface area contributed by atoms with Gasteiger partial charge in [-0.25, -0.2) is 5.43 Å². The van der Waals surface area contributed by atoms with E-state index in [9.17, 15) is 27.6 Å². The lowest BCUT2D eigenvalue weighted by Crippen LogP contribution is -2.45. The number of amides is 3. The normalized spacial score (nSPS) is 21.0. The molecule has 0 bridgehead atoms. The second-order valence-corrected chi connectivity index (χ2v) is 11.6. The fraction of sp³-hybridized carbons (Fsp3) is 0.464. The van der Waals surface area contributed by atoms with E-state index in [1.54, 1.807) is 26.0 Å². The fourth-order valence-corrected chi connectivity index (χ4v) is 6.42. The average molecular weight is 589 g/mol. The van der Waals surface area contributed by atoms with E-state index in [2.05, 4.69) is 20.5 Å². The summed E-state index contributed by atoms with van der Waals surface area (Å²) in [4.78, 5) is 44.0. The first kappa shape index (κ1) is 28.9. The van der Waals surface area contributed by atoms with E-state index in [1.807, 2.05) is 4.90 Å². The predicted octanol–water partition coefficient (Wildman–Crippen LogP) is 4.61. The molecule has 2 saturated heterocycles. The number of anilines is 1. The molecule has 1 unspecified atom stereocenters. The quantitative estimate of drug-likeness (QED) is 0.394. The maximum atomic E-state index is 13.0. The second kappa shape index (κ2) is 11.7. The van der Waals surface area contributed by atoms with Crippen LogP contribution in [-0.2, 0) is 11.0 Å². The van der Waals surface area contributed by atoms with E-state index in [-0.39, 0.29) is 17.3 Å². The highest BCUT2D eigenvalue weighted by Gasteiger charge is 2.37. The monoisotopic (exact) mass is 588 g/mol. The Hall–Kier alpha value is -3.58. The van der Waals surface area contributed by atoms with Crippen LogP contribution >= 0.6 is 11.3 Å². The number of hydrazone groups is 2. The summed E-state index contributed by atoms with van der Waals surface area (Å²) in [5.74, 6) is -1.96. The van der Waals surface area contributed by atoms with Crippen LogP contribution in [0, 0.1) is 5.92 Å². The van der Waals surface area contributed by atoms with E-state index >= 15 is 0 Å². The van der Waals surface area contributed by atoms with Crippen LogP contribution in [0.15, 0.2) is 46.6 Å². The van der Waals surface area contributed by atoms with Crippen LogP contribution < -0.4 is 10.4 Å². The van der Waals surface area contributed by atoms with Crippen molar-refractivity contribution in [1.29, 1.82) is 0 Å². The van der Waals surface area contributed by atoms with Crippen LogP contribution in [0.5, 0.6) is 0 Å². The molecular weight excluding hydrogens is 557 g/mol. The van der Waals surface area contributed by atoms with Crippen molar-refractivity contribution in [2.75, 3.05) is 31.2 Å². The molecule has 3 amide bonds. The Kier molecular flexibility index (Phi) is 8.28. The summed E-state index contributed by atoms with van der Waals surface area (Å²) in [6, 6.07) is 7.89. The largest absolute Gasteiger partial charge is 0.416 e. The number of nitrogens with zero attached hydrogens (tertiary/aromatic N) is 5. The highest BCUT2D eigenvalue weighted by atomic mass is 32.1. The Balaban J connectivity index is 1.17. The summed E-state index contributed by atoms with van der Waals surface area (Å²) in [6.45, 7) is 6.85. The molecule has 1 atom stereocenters. The molecule has 9 nitrogen and oxygen atoms in total. The minimum Gasteiger partial charge on any atom is -0.338 e. The molecule has 0 spiro atoms. The van der Waals surface area contributed by atoms with Gasteiger partial charge in [0.05, 0.1) is 32.4 Å². The van der Waals surface area contributed by atoms with E-state index in [1.165, 1.54) is 25.0 Å². The van der Waals surface area contributed by atoms with Gasteiger partial charge in [0, 0.05) is 19.1 Å². The molecule has 218 valence electrons. The number of likely N-dealkylation sites (tertiary alicyclic amines) is 2. The van der Waals surface area contributed by atoms with Gasteiger partial charge in [-0.2, -0.15) is 28.4 Å². The van der Waals surface area contributed by atoms with Crippen molar-refractivity contribution in [3.63, 3.8) is 0 Å². The topological polar surface area (TPSA) is 97.7 Å². The number of thiophene rings is 1. The van der Waals surface area contributed by atoms with Crippen molar-refractivity contribution in [3.8, 4) is 0 Å². The molecule has 5 rings (SSSR count). The van der Waals surface area contributed by atoms with E-state index in [0.29, 0.717) is 34.6 Å². The SMILES string of the molecule is CC1=NN(c2ccc(C(F)(F)F)cc2)C(=O)C1/C(C)=N/NC(=O)c1ccc(C(=O)N2CCC(N3CCCC3)CC2)s1. The van der Waals surface area contributed by atoms with Gasteiger partial charge in [0.15, 0.2) is 0 Å². The number of halogens is 3. The number of alkyl halides is 3. The van der Waals surface area contributed by atoms with Gasteiger partial charge in [-0.05, 0) is 89.0 Å². The van der Waals surface area contributed by atoms with Crippen LogP contribution in [0.2, 0.25) is 0 Å². The third kappa shape index (κ3) is 6.20. The molecule has 0 aliphatic carbocycles. The van der Waals surface area contributed by atoms with Gasteiger partial charge in [-0.1, -0.05) is 0 Å². The molecule has 0 radical (unpaired) electrons. The maximum absolute atomic E-state index is 13.0. The summed E-state index contributed by atoms with van der Waals surface area (Å²) in [7, 11) is 0. The van der Waals surface area contributed by atoms with Crippen molar-refractivity contribution < 1.29 is 27.6 Å². The number of hydrogen-bond donors (Lipinski definition) is 1. The summed E-state index contributed by atoms with van der Waals surface area (Å²) < 4.78 is 38.7. The Morgan fingerprint density at radius 1 is 1.00 bits per heavy atom. The zero-order valence-electron chi connectivity index (χ0n) is 22.8. The zero-order chi connectivity index (χ0) is 29.3. The third-order valence-corrected chi connectivity index (χ3v) is 8.84. The van der Waals surface area contributed by atoms with Crippen LogP contribution in [0.1, 0.15) is 64.4 Å². The van der Waals surface area contributed by atoms with Crippen molar-refractivity contribution in [1.82, 2.24) is 15.2 Å². The molecule has 3 aliphatic heterocycles. The van der Waals surface area contributed by atoms with Crippen molar-refractivity contribution in [2.24, 2.45) is 16.1 Å². The average Bonchev–Trinajstić information content (AvgIpc) is 3.72. The molecule has 1 aromatic carbocycles. The first-order chi connectivity index (χ1) is 19.5. The standard InChI is InChI=1S/C28H31F3N6O3S/c1-17(24-18(2)34-37(27(24)40)21-7-5-19(6-8-21)28(29,30)31)32-33-25(38)22-9-10-23(41-22)26(39)36-15-11-20(12-16-36)35-13-3-4-14-35/h5-10,20,24H,3-4,11-16H2,1-2H3,(H,33,38)/b32-17+. The number of rotatable bonds is 6. The first-order valence-electron chi connectivity index (χ1n) is 13.6. The molecule has 41 heavy (non-hydrogen) atoms. The number of piperidine rings is 1. The van der Waals surface area contributed by atoms with Crippen molar-refractivity contribution in [3.05, 3.63) is 51.7 Å². The third-order valence-electron chi connectivity index (χ3n) is 7.77. The second-order valence-electron chi connectivity index (χ2n) is 10.5. The highest BCUT2D eigenvalue weighted by molar-refractivity contribution is 7.15. The van der Waals surface area contributed by atoms with Gasteiger partial charge >= 0.3 is 6.18 Å². The van der Waals surface area contributed by atoms with Crippen LogP contribution in [-0.4, -0.2) is 71.2 Å². The van der Waals surface area contributed by atoms with Gasteiger partial charge in [0.2, 0.25) is 0 Å². The Morgan fingerprint density at radius 3 is 2.27 bits per heavy atom. The number of hydrogen-bond acceptors (Lipinski definition) is 7. The maximum Gasteiger partial charge on any atom is 0.416 e. The first-order valence-corrected chi connectivity index (χ1v) is 14.4. The molecule has 3 aliphatic rings. The smallest absolute Gasteiger partial charge is 0.338 e. The van der Waals surface area contributed by atoms with Crippen molar-refractivity contribution >= 4 is 46.2 Å². The van der Waals surface area contributed by atoms with Crippen LogP contribution in [0.25, 0.3) is 0 Å². The molecule has 2 aromatic rings. The molecule has 1 aromatic heterocycles. The molecule has 13 heteroatoms. The lowest BCUT2D eigenvalue weighted by molar-refractivity contribution is -0.137. The number of carbonyl (C=O) groups excluding carboxylic acids is 3. The minimum atomic E-state index is -4.49. The molecule has 4 heterocycles. The number of benzene rings is 1. The summed E-state index contributed by atoms with van der Waals surface area (Å²) in [5.41, 5.74) is 2.47. The predicted molar refractivity (Wildman–Crippen MR) is 150 cm³/mol. The lowest BCUT2D eigenvalue weighted by Gasteiger charge is -2.36. The Bertz CT molecular complexity index is 1370. The molecular formula is C28H31F3N6O3S. The number of nitrogens with one attached hydrogen (secondary N) is 1. The summed E-state index contributed by atoms with van der Waals surface area (Å²) in [5, 5.41) is 9.32. The van der Waals surface area contributed by atoms with Crippen LogP contribution in [0.4, 0.5) is 18.9 Å². The molecule has 1 N–H and O–H groups in total.